The van der Waals surface area contributed by atoms with Crippen LogP contribution in [0, 0.1) is 0 Å². The molecular weight excluding hydrogens is 528 g/mol. The van der Waals surface area contributed by atoms with Crippen molar-refractivity contribution in [3.63, 3.8) is 0 Å². The molecule has 35 heavy (non-hydrogen) atoms. The zero-order valence-corrected chi connectivity index (χ0v) is 23.2. The van der Waals surface area contributed by atoms with Crippen LogP contribution in [0.3, 0.4) is 0 Å². The van der Waals surface area contributed by atoms with Gasteiger partial charge >= 0.3 is 0 Å². The van der Waals surface area contributed by atoms with Crippen LogP contribution in [0.15, 0.2) is 43.8 Å². The van der Waals surface area contributed by atoms with Gasteiger partial charge in [0, 0.05) is 6.54 Å². The number of methoxy groups -OCH3 is 1. The van der Waals surface area contributed by atoms with Crippen molar-refractivity contribution in [3.05, 3.63) is 45.1 Å². The third-order valence-electron chi connectivity index (χ3n) is 5.20. The summed E-state index contributed by atoms with van der Waals surface area (Å²) in [5.41, 5.74) is 0.734. The highest BCUT2D eigenvalue weighted by Crippen LogP contribution is 2.36. The Morgan fingerprint density at radius 1 is 1.09 bits per heavy atom. The van der Waals surface area contributed by atoms with Crippen molar-refractivity contribution in [2.75, 3.05) is 20.3 Å². The number of sulfonamides is 1. The predicted octanol–water partition coefficient (Wildman–Crippen LogP) is 6.44. The molecule has 1 aliphatic rings. The molecule has 0 unspecified atom stereocenters. The molecule has 0 aliphatic carbocycles. The molecule has 2 heterocycles. The maximum Gasteiger partial charge on any atom is 0.294 e. The van der Waals surface area contributed by atoms with Gasteiger partial charge in [0.2, 0.25) is 0 Å². The molecule has 11 heteroatoms. The number of ether oxygens (including phenoxy) is 2. The first-order valence-electron chi connectivity index (χ1n) is 11.4. The van der Waals surface area contributed by atoms with Gasteiger partial charge in [-0.2, -0.15) is 8.42 Å². The molecule has 1 saturated heterocycles. The minimum Gasteiger partial charge on any atom is -0.493 e. The molecule has 7 nitrogen and oxygen atoms in total. The molecule has 0 N–H and O–H groups in total. The fraction of sp³-hybridized carbons (Fsp3) is 0.417. The zero-order chi connectivity index (χ0) is 25.4. The molecule has 0 atom stereocenters. The molecule has 3 rings (SSSR count). The summed E-state index contributed by atoms with van der Waals surface area (Å²) in [6, 6.07) is 8.36. The van der Waals surface area contributed by atoms with Crippen molar-refractivity contribution in [1.29, 1.82) is 0 Å². The van der Waals surface area contributed by atoms with Crippen LogP contribution in [0.5, 0.6) is 11.5 Å². The van der Waals surface area contributed by atoms with E-state index < -0.39 is 10.0 Å². The van der Waals surface area contributed by atoms with Gasteiger partial charge in [0.25, 0.3) is 15.9 Å². The number of carbonyl (C=O) groups excluding carboxylic acids is 1. The summed E-state index contributed by atoms with van der Waals surface area (Å²) in [5, 5.41) is 0.114. The van der Waals surface area contributed by atoms with E-state index in [0.717, 1.165) is 41.5 Å². The number of rotatable bonds is 12. The number of nitrogens with zero attached hydrogens (tertiary/aromatic N) is 2. The minimum atomic E-state index is -3.97. The Morgan fingerprint density at radius 3 is 2.51 bits per heavy atom. The van der Waals surface area contributed by atoms with Crippen LogP contribution < -0.4 is 9.47 Å². The van der Waals surface area contributed by atoms with Gasteiger partial charge in [-0.15, -0.1) is 15.7 Å². The third kappa shape index (κ3) is 7.25. The first-order chi connectivity index (χ1) is 16.8. The number of likely N-dealkylation sites (N-methyl/N-ethyl adjacent to an activating group) is 1. The van der Waals surface area contributed by atoms with Crippen LogP contribution in [-0.4, -0.2) is 44.7 Å². The van der Waals surface area contributed by atoms with E-state index in [-0.39, 0.29) is 21.8 Å². The summed E-state index contributed by atoms with van der Waals surface area (Å²) < 4.78 is 41.0. The third-order valence-corrected chi connectivity index (χ3v) is 9.28. The molecule has 190 valence electrons. The summed E-state index contributed by atoms with van der Waals surface area (Å²) in [4.78, 5) is 14.7. The Labute approximate surface area is 220 Å². The number of thiophene rings is 1. The average molecular weight is 557 g/mol. The Balaban J connectivity index is 1.76. The number of carbonyl (C=O) groups is 1. The van der Waals surface area contributed by atoms with Crippen molar-refractivity contribution >= 4 is 61.9 Å². The van der Waals surface area contributed by atoms with Gasteiger partial charge < -0.3 is 9.47 Å². The molecule has 1 amide bonds. The molecule has 0 radical (unpaired) electrons. The van der Waals surface area contributed by atoms with Gasteiger partial charge in [-0.05, 0) is 61.0 Å². The highest BCUT2D eigenvalue weighted by Gasteiger charge is 2.34. The smallest absolute Gasteiger partial charge is 0.294 e. The summed E-state index contributed by atoms with van der Waals surface area (Å²) in [7, 11) is -2.40. The maximum absolute atomic E-state index is 12.9. The second kappa shape index (κ2) is 12.8. The number of hydrogen-bond donors (Lipinski definition) is 0. The van der Waals surface area contributed by atoms with Gasteiger partial charge in [0.05, 0.1) is 23.0 Å². The number of unbranched alkanes of at least 4 members (excludes halogenated alkanes) is 4. The molecule has 2 aromatic rings. The van der Waals surface area contributed by atoms with Gasteiger partial charge in [0.15, 0.2) is 16.7 Å². The lowest BCUT2D eigenvalue weighted by atomic mass is 10.1. The van der Waals surface area contributed by atoms with E-state index in [1.54, 1.807) is 26.2 Å². The molecule has 1 aromatic carbocycles. The van der Waals surface area contributed by atoms with Crippen molar-refractivity contribution in [2.45, 2.75) is 50.2 Å². The Bertz CT molecular complexity index is 1210. The number of thioether (sulfide) groups is 1. The molecule has 0 bridgehead atoms. The monoisotopic (exact) mass is 556 g/mol. The Morgan fingerprint density at radius 2 is 1.86 bits per heavy atom. The van der Waals surface area contributed by atoms with E-state index in [2.05, 4.69) is 11.3 Å². The summed E-state index contributed by atoms with van der Waals surface area (Å²) >= 11 is 7.82. The highest BCUT2D eigenvalue weighted by molar-refractivity contribution is 8.19. The van der Waals surface area contributed by atoms with Gasteiger partial charge in [-0.1, -0.05) is 50.3 Å². The van der Waals surface area contributed by atoms with Crippen LogP contribution >= 0.6 is 34.7 Å². The SMILES string of the molecule is CCCCCCCOc1ccc(C=C2SC(=NS(=O)(=O)c3ccc(Cl)s3)N(CC)C2=O)cc1OC. The minimum absolute atomic E-state index is 0.0298. The first kappa shape index (κ1) is 27.6. The lowest BCUT2D eigenvalue weighted by molar-refractivity contribution is -0.122. The molecule has 0 saturated carbocycles. The second-order valence-electron chi connectivity index (χ2n) is 7.74. The largest absolute Gasteiger partial charge is 0.493 e. The quantitative estimate of drug-likeness (QED) is 0.221. The van der Waals surface area contributed by atoms with Gasteiger partial charge in [-0.3, -0.25) is 9.69 Å². The molecule has 1 fully saturated rings. The van der Waals surface area contributed by atoms with Crippen molar-refractivity contribution in [1.82, 2.24) is 4.90 Å². The van der Waals surface area contributed by atoms with E-state index in [4.69, 9.17) is 21.1 Å². The Kier molecular flexibility index (Phi) is 10.1. The normalized spacial score (nSPS) is 16.5. The Hall–Kier alpha value is -2.01. The zero-order valence-electron chi connectivity index (χ0n) is 20.0. The molecule has 0 spiro atoms. The summed E-state index contributed by atoms with van der Waals surface area (Å²) in [5.74, 6) is 0.914. The fourth-order valence-electron chi connectivity index (χ4n) is 3.37. The topological polar surface area (TPSA) is 85.3 Å². The van der Waals surface area contributed by atoms with Crippen LogP contribution in [0.25, 0.3) is 6.08 Å². The van der Waals surface area contributed by atoms with Crippen molar-refractivity contribution in [3.8, 4) is 11.5 Å². The number of hydrogen-bond acceptors (Lipinski definition) is 7. The highest BCUT2D eigenvalue weighted by atomic mass is 35.5. The lowest BCUT2D eigenvalue weighted by Crippen LogP contribution is -2.29. The van der Waals surface area contributed by atoms with E-state index >= 15 is 0 Å². The molecular formula is C24H29ClN2O5S3. The standard InChI is InChI=1S/C24H29ClN2O5S3/c1-4-6-7-8-9-14-32-18-11-10-17(15-19(18)31-3)16-20-23(28)27(5-2)24(33-20)26-35(29,30)22-13-12-21(25)34-22/h10-13,15-16H,4-9,14H2,1-3H3. The van der Waals surface area contributed by atoms with Gasteiger partial charge in [-0.25, -0.2) is 0 Å². The molecule has 1 aliphatic heterocycles. The van der Waals surface area contributed by atoms with E-state index in [1.807, 2.05) is 12.1 Å². The van der Waals surface area contributed by atoms with Crippen LogP contribution in [0.4, 0.5) is 0 Å². The van der Waals surface area contributed by atoms with Crippen LogP contribution in [0.1, 0.15) is 51.5 Å². The first-order valence-corrected chi connectivity index (χ1v) is 14.9. The summed E-state index contributed by atoms with van der Waals surface area (Å²) in [6.07, 6.45) is 7.46. The van der Waals surface area contributed by atoms with Crippen molar-refractivity contribution in [2.24, 2.45) is 4.40 Å². The summed E-state index contributed by atoms with van der Waals surface area (Å²) in [6.45, 7) is 4.86. The van der Waals surface area contributed by atoms with Gasteiger partial charge in [0.1, 0.15) is 4.21 Å². The van der Waals surface area contributed by atoms with E-state index in [0.29, 0.717) is 27.3 Å². The number of amides is 1. The second-order valence-corrected chi connectivity index (χ2v) is 12.3. The van der Waals surface area contributed by atoms with E-state index in [9.17, 15) is 13.2 Å². The predicted molar refractivity (Wildman–Crippen MR) is 144 cm³/mol. The van der Waals surface area contributed by atoms with Crippen LogP contribution in [0.2, 0.25) is 4.34 Å². The van der Waals surface area contributed by atoms with E-state index in [1.165, 1.54) is 36.3 Å². The van der Waals surface area contributed by atoms with Crippen molar-refractivity contribution < 1.29 is 22.7 Å². The fourth-order valence-corrected chi connectivity index (χ4v) is 7.08. The molecule has 1 aromatic heterocycles. The lowest BCUT2D eigenvalue weighted by Gasteiger charge is -2.12. The average Bonchev–Trinajstić information content (AvgIpc) is 3.39. The number of amidine groups is 1. The number of halogens is 1. The van der Waals surface area contributed by atoms with Crippen LogP contribution in [-0.2, 0) is 14.8 Å². The number of benzene rings is 1. The maximum atomic E-state index is 12.9.